The highest BCUT2D eigenvalue weighted by atomic mass is 32.1. The maximum Gasteiger partial charge on any atom is 0.224 e. The number of hydrogen-bond acceptors (Lipinski definition) is 4. The van der Waals surface area contributed by atoms with E-state index in [4.69, 9.17) is 0 Å². The number of benzene rings is 1. The fourth-order valence-electron chi connectivity index (χ4n) is 3.70. The van der Waals surface area contributed by atoms with Crippen LogP contribution in [0.25, 0.3) is 9.75 Å². The molecule has 1 saturated carbocycles. The molecule has 0 bridgehead atoms. The molecular weight excluding hydrogens is 391 g/mol. The summed E-state index contributed by atoms with van der Waals surface area (Å²) in [6, 6.07) is 15.1. The Kier molecular flexibility index (Phi) is 6.20. The first kappa shape index (κ1) is 19.3. The Morgan fingerprint density at radius 1 is 1.04 bits per heavy atom. The highest BCUT2D eigenvalue weighted by molar-refractivity contribution is 7.21. The molecule has 3 nitrogen and oxygen atoms in total. The summed E-state index contributed by atoms with van der Waals surface area (Å²) in [5, 5.41) is 8.69. The van der Waals surface area contributed by atoms with Crippen molar-refractivity contribution in [3.05, 3.63) is 70.2 Å². The minimum absolute atomic E-state index is 0.00261. The van der Waals surface area contributed by atoms with Crippen LogP contribution in [0.5, 0.6) is 0 Å². The van der Waals surface area contributed by atoms with Gasteiger partial charge in [0.05, 0.1) is 12.5 Å². The van der Waals surface area contributed by atoms with Crippen molar-refractivity contribution in [2.45, 2.75) is 38.4 Å². The van der Waals surface area contributed by atoms with Gasteiger partial charge in [0, 0.05) is 27.2 Å². The van der Waals surface area contributed by atoms with Gasteiger partial charge in [-0.25, -0.2) is 4.39 Å². The summed E-state index contributed by atoms with van der Waals surface area (Å²) in [7, 11) is 0. The molecule has 0 unspecified atom stereocenters. The number of rotatable bonds is 7. The smallest absolute Gasteiger partial charge is 0.224 e. The zero-order chi connectivity index (χ0) is 19.3. The molecule has 1 amide bonds. The Morgan fingerprint density at radius 3 is 2.68 bits per heavy atom. The lowest BCUT2D eigenvalue weighted by Gasteiger charge is -2.20. The van der Waals surface area contributed by atoms with E-state index < -0.39 is 0 Å². The third kappa shape index (κ3) is 4.69. The molecule has 1 aromatic carbocycles. The van der Waals surface area contributed by atoms with Gasteiger partial charge < -0.3 is 10.6 Å². The van der Waals surface area contributed by atoms with Gasteiger partial charge in [0.2, 0.25) is 5.91 Å². The first-order valence-corrected chi connectivity index (χ1v) is 11.3. The fraction of sp³-hybridized carbons (Fsp3) is 0.318. The lowest BCUT2D eigenvalue weighted by Crippen LogP contribution is -2.41. The molecule has 0 spiro atoms. The standard InChI is InChI=1S/C22H23FN2OS2/c23-16-8-6-15(7-9-16)13-24-19-4-1-3-18(19)22(26)25-14-17-10-11-21(28-17)20-5-2-12-27-20/h2,5-12,18-19,24H,1,3-4,13-14H2,(H,25,26)/t18-,19-/m0/s1. The van der Waals surface area contributed by atoms with Gasteiger partial charge >= 0.3 is 0 Å². The lowest BCUT2D eigenvalue weighted by molar-refractivity contribution is -0.125. The molecule has 2 atom stereocenters. The first-order chi connectivity index (χ1) is 13.7. The van der Waals surface area contributed by atoms with E-state index in [1.165, 1.54) is 26.8 Å². The average Bonchev–Trinajstić information content (AvgIpc) is 3.47. The van der Waals surface area contributed by atoms with Crippen LogP contribution in [0.2, 0.25) is 0 Å². The Labute approximate surface area is 172 Å². The summed E-state index contributed by atoms with van der Waals surface area (Å²) in [6.07, 6.45) is 2.97. The monoisotopic (exact) mass is 414 g/mol. The summed E-state index contributed by atoms with van der Waals surface area (Å²) < 4.78 is 13.0. The summed E-state index contributed by atoms with van der Waals surface area (Å²) >= 11 is 3.47. The minimum atomic E-state index is -0.224. The topological polar surface area (TPSA) is 41.1 Å². The van der Waals surface area contributed by atoms with Gasteiger partial charge in [-0.3, -0.25) is 4.79 Å². The van der Waals surface area contributed by atoms with E-state index in [0.717, 1.165) is 24.8 Å². The van der Waals surface area contributed by atoms with Crippen LogP contribution in [0.15, 0.2) is 53.9 Å². The van der Waals surface area contributed by atoms with E-state index in [1.54, 1.807) is 34.8 Å². The molecule has 4 rings (SSSR count). The molecule has 1 fully saturated rings. The van der Waals surface area contributed by atoms with Crippen LogP contribution in [0.4, 0.5) is 4.39 Å². The van der Waals surface area contributed by atoms with Crippen molar-refractivity contribution in [1.82, 2.24) is 10.6 Å². The van der Waals surface area contributed by atoms with Crippen LogP contribution in [-0.4, -0.2) is 11.9 Å². The molecule has 3 aromatic rings. The number of hydrogen-bond donors (Lipinski definition) is 2. The number of nitrogens with one attached hydrogen (secondary N) is 2. The zero-order valence-corrected chi connectivity index (χ0v) is 17.1. The van der Waals surface area contributed by atoms with E-state index in [1.807, 2.05) is 0 Å². The quantitative estimate of drug-likeness (QED) is 0.559. The van der Waals surface area contributed by atoms with Crippen molar-refractivity contribution in [3.63, 3.8) is 0 Å². The summed E-state index contributed by atoms with van der Waals surface area (Å²) in [5.41, 5.74) is 1.03. The van der Waals surface area contributed by atoms with Crippen LogP contribution < -0.4 is 10.6 Å². The van der Waals surface area contributed by atoms with Gasteiger partial charge in [-0.15, -0.1) is 22.7 Å². The van der Waals surface area contributed by atoms with E-state index in [2.05, 4.69) is 40.3 Å². The largest absolute Gasteiger partial charge is 0.351 e. The van der Waals surface area contributed by atoms with Gasteiger partial charge in [-0.2, -0.15) is 0 Å². The average molecular weight is 415 g/mol. The molecule has 1 aliphatic carbocycles. The molecule has 0 aliphatic heterocycles. The highest BCUT2D eigenvalue weighted by Crippen LogP contribution is 2.31. The van der Waals surface area contributed by atoms with Crippen molar-refractivity contribution in [2.24, 2.45) is 5.92 Å². The van der Waals surface area contributed by atoms with E-state index in [9.17, 15) is 9.18 Å². The molecule has 2 heterocycles. The molecule has 6 heteroatoms. The predicted octanol–water partition coefficient (Wildman–Crippen LogP) is 5.19. The van der Waals surface area contributed by atoms with Crippen molar-refractivity contribution in [2.75, 3.05) is 0 Å². The van der Waals surface area contributed by atoms with Gasteiger partial charge in [-0.05, 0) is 54.1 Å². The number of carbonyl (C=O) groups is 1. The zero-order valence-electron chi connectivity index (χ0n) is 15.5. The van der Waals surface area contributed by atoms with Gasteiger partial charge in [-0.1, -0.05) is 24.6 Å². The van der Waals surface area contributed by atoms with Crippen molar-refractivity contribution in [3.8, 4) is 9.75 Å². The van der Waals surface area contributed by atoms with Gasteiger partial charge in [0.25, 0.3) is 0 Å². The highest BCUT2D eigenvalue weighted by Gasteiger charge is 2.32. The van der Waals surface area contributed by atoms with E-state index >= 15 is 0 Å². The van der Waals surface area contributed by atoms with Crippen LogP contribution in [-0.2, 0) is 17.9 Å². The number of carbonyl (C=O) groups excluding carboxylic acids is 1. The molecule has 2 aromatic heterocycles. The minimum Gasteiger partial charge on any atom is -0.351 e. The first-order valence-electron chi connectivity index (χ1n) is 9.57. The van der Waals surface area contributed by atoms with E-state index in [-0.39, 0.29) is 23.7 Å². The maximum absolute atomic E-state index is 13.0. The van der Waals surface area contributed by atoms with Gasteiger partial charge in [0.1, 0.15) is 5.82 Å². The third-order valence-electron chi connectivity index (χ3n) is 5.20. The molecule has 2 N–H and O–H groups in total. The number of amides is 1. The normalized spacial score (nSPS) is 19.0. The Hall–Kier alpha value is -2.02. The number of halogens is 1. The molecule has 146 valence electrons. The fourth-order valence-corrected chi connectivity index (χ4v) is 5.48. The molecule has 1 aliphatic rings. The molecule has 28 heavy (non-hydrogen) atoms. The Bertz CT molecular complexity index is 905. The second kappa shape index (κ2) is 8.99. The van der Waals surface area contributed by atoms with Crippen LogP contribution in [0.3, 0.4) is 0 Å². The van der Waals surface area contributed by atoms with Crippen LogP contribution in [0.1, 0.15) is 29.7 Å². The van der Waals surface area contributed by atoms with Crippen molar-refractivity contribution >= 4 is 28.6 Å². The second-order valence-corrected chi connectivity index (χ2v) is 9.23. The Balaban J connectivity index is 1.29. The molecule has 0 radical (unpaired) electrons. The summed E-state index contributed by atoms with van der Waals surface area (Å²) in [5.74, 6) is -0.102. The van der Waals surface area contributed by atoms with Crippen LogP contribution in [0, 0.1) is 11.7 Å². The van der Waals surface area contributed by atoms with Crippen molar-refractivity contribution < 1.29 is 9.18 Å². The maximum atomic E-state index is 13.0. The van der Waals surface area contributed by atoms with Crippen molar-refractivity contribution in [1.29, 1.82) is 0 Å². The molecule has 0 saturated heterocycles. The van der Waals surface area contributed by atoms with E-state index in [0.29, 0.717) is 13.1 Å². The summed E-state index contributed by atoms with van der Waals surface area (Å²) in [4.78, 5) is 16.4. The second-order valence-electron chi connectivity index (χ2n) is 7.11. The summed E-state index contributed by atoms with van der Waals surface area (Å²) in [6.45, 7) is 1.24. The lowest BCUT2D eigenvalue weighted by atomic mass is 10.0. The SMILES string of the molecule is O=C(NCc1ccc(-c2cccs2)s1)[C@H]1CCC[C@@H]1NCc1ccc(F)cc1. The predicted molar refractivity (Wildman–Crippen MR) is 114 cm³/mol. The molecular formula is C22H23FN2OS2. The Morgan fingerprint density at radius 2 is 1.89 bits per heavy atom. The third-order valence-corrected chi connectivity index (χ3v) is 7.35. The number of thiophene rings is 2. The van der Waals surface area contributed by atoms with Crippen LogP contribution >= 0.6 is 22.7 Å². The van der Waals surface area contributed by atoms with Gasteiger partial charge in [0.15, 0.2) is 0 Å².